The van der Waals surface area contributed by atoms with Crippen molar-refractivity contribution in [1.82, 2.24) is 5.32 Å². The van der Waals surface area contributed by atoms with Crippen LogP contribution in [0, 0.1) is 17.3 Å². The molecule has 3 heteroatoms. The third-order valence-corrected chi connectivity index (χ3v) is 4.04. The molecule has 0 saturated heterocycles. The first-order valence-electron chi connectivity index (χ1n) is 5.10. The lowest BCUT2D eigenvalue weighted by Gasteiger charge is -2.51. The average Bonchev–Trinajstić information content (AvgIpc) is 2.10. The smallest absolute Gasteiger partial charge is 0.133 e. The molecule has 0 unspecified atom stereocenters. The summed E-state index contributed by atoms with van der Waals surface area (Å²) in [5, 5.41) is 2.99. The van der Waals surface area contributed by atoms with Crippen LogP contribution in [0.4, 0.5) is 0 Å². The van der Waals surface area contributed by atoms with Crippen LogP contribution in [0.1, 0.15) is 33.6 Å². The van der Waals surface area contributed by atoms with Gasteiger partial charge in [-0.25, -0.2) is 0 Å². The fraction of sp³-hybridized carbons (Fsp3) is 0.818. The van der Waals surface area contributed by atoms with Gasteiger partial charge in [-0.2, -0.15) is 0 Å². The minimum Gasteiger partial charge on any atom is -0.383 e. The van der Waals surface area contributed by atoms with Crippen LogP contribution in [0.25, 0.3) is 0 Å². The van der Waals surface area contributed by atoms with Crippen molar-refractivity contribution < 1.29 is 4.79 Å². The maximum Gasteiger partial charge on any atom is 0.133 e. The summed E-state index contributed by atoms with van der Waals surface area (Å²) < 4.78 is 0. The SMILES string of the molecule is CNC(=S)C[C@@H]1C[C@H](C(C)=O)C1(C)C. The molecule has 0 aromatic heterocycles. The van der Waals surface area contributed by atoms with Gasteiger partial charge in [0, 0.05) is 19.4 Å². The monoisotopic (exact) mass is 213 g/mol. The Morgan fingerprint density at radius 3 is 2.50 bits per heavy atom. The number of hydrogen-bond donors (Lipinski definition) is 1. The van der Waals surface area contributed by atoms with Crippen molar-refractivity contribution >= 4 is 23.0 Å². The van der Waals surface area contributed by atoms with E-state index in [2.05, 4.69) is 19.2 Å². The summed E-state index contributed by atoms with van der Waals surface area (Å²) in [4.78, 5) is 12.2. The summed E-state index contributed by atoms with van der Waals surface area (Å²) in [6, 6.07) is 0. The molecule has 0 aliphatic heterocycles. The number of Topliss-reactive ketones (excluding diaryl/α,β-unsaturated/α-hetero) is 1. The first kappa shape index (κ1) is 11.6. The van der Waals surface area contributed by atoms with Crippen LogP contribution in [-0.2, 0) is 4.79 Å². The van der Waals surface area contributed by atoms with Gasteiger partial charge in [0.1, 0.15) is 5.78 Å². The van der Waals surface area contributed by atoms with E-state index in [0.717, 1.165) is 17.8 Å². The first-order valence-corrected chi connectivity index (χ1v) is 5.51. The van der Waals surface area contributed by atoms with E-state index in [0.29, 0.717) is 11.7 Å². The maximum absolute atomic E-state index is 11.3. The molecule has 1 aliphatic carbocycles. The molecule has 1 N–H and O–H groups in total. The number of rotatable bonds is 3. The van der Waals surface area contributed by atoms with Gasteiger partial charge < -0.3 is 5.32 Å². The van der Waals surface area contributed by atoms with E-state index >= 15 is 0 Å². The highest BCUT2D eigenvalue weighted by atomic mass is 32.1. The fourth-order valence-electron chi connectivity index (χ4n) is 2.38. The van der Waals surface area contributed by atoms with Gasteiger partial charge in [0.15, 0.2) is 0 Å². The van der Waals surface area contributed by atoms with Crippen LogP contribution in [0.2, 0.25) is 0 Å². The molecule has 80 valence electrons. The number of carbonyl (C=O) groups is 1. The molecule has 0 radical (unpaired) electrons. The molecule has 0 aromatic rings. The molecular formula is C11H19NOS. The predicted octanol–water partition coefficient (Wildman–Crippen LogP) is 2.17. The molecule has 1 aliphatic rings. The van der Waals surface area contributed by atoms with Crippen LogP contribution < -0.4 is 5.32 Å². The van der Waals surface area contributed by atoms with Crippen LogP contribution in [0.3, 0.4) is 0 Å². The van der Waals surface area contributed by atoms with Crippen molar-refractivity contribution in [3.63, 3.8) is 0 Å². The molecule has 1 rings (SSSR count). The van der Waals surface area contributed by atoms with Crippen molar-refractivity contribution in [3.8, 4) is 0 Å². The number of hydrogen-bond acceptors (Lipinski definition) is 2. The first-order chi connectivity index (χ1) is 6.39. The molecule has 0 amide bonds. The predicted molar refractivity (Wildman–Crippen MR) is 62.3 cm³/mol. The van der Waals surface area contributed by atoms with Crippen molar-refractivity contribution in [2.24, 2.45) is 17.3 Å². The summed E-state index contributed by atoms with van der Waals surface area (Å²) in [6.45, 7) is 6.04. The van der Waals surface area contributed by atoms with Crippen LogP contribution >= 0.6 is 12.2 Å². The lowest BCUT2D eigenvalue weighted by Crippen LogP contribution is -2.49. The van der Waals surface area contributed by atoms with Gasteiger partial charge in [-0.05, 0) is 24.7 Å². The van der Waals surface area contributed by atoms with Gasteiger partial charge in [0.2, 0.25) is 0 Å². The average molecular weight is 213 g/mol. The van der Waals surface area contributed by atoms with Gasteiger partial charge in [0.25, 0.3) is 0 Å². The molecule has 1 saturated carbocycles. The zero-order chi connectivity index (χ0) is 10.9. The van der Waals surface area contributed by atoms with Gasteiger partial charge in [-0.15, -0.1) is 0 Å². The second-order valence-electron chi connectivity index (χ2n) is 4.79. The van der Waals surface area contributed by atoms with E-state index in [1.807, 2.05) is 7.05 Å². The number of nitrogens with one attached hydrogen (secondary N) is 1. The van der Waals surface area contributed by atoms with E-state index in [4.69, 9.17) is 12.2 Å². The van der Waals surface area contributed by atoms with Gasteiger partial charge in [-0.1, -0.05) is 26.1 Å². The number of ketones is 1. The highest BCUT2D eigenvalue weighted by molar-refractivity contribution is 7.80. The Bertz CT molecular complexity index is 260. The van der Waals surface area contributed by atoms with E-state index in [-0.39, 0.29) is 11.3 Å². The summed E-state index contributed by atoms with van der Waals surface area (Å²) in [5.74, 6) is 1.13. The molecule has 0 heterocycles. The molecule has 0 bridgehead atoms. The lowest BCUT2D eigenvalue weighted by atomic mass is 9.53. The molecule has 0 aromatic carbocycles. The van der Waals surface area contributed by atoms with E-state index < -0.39 is 0 Å². The minimum absolute atomic E-state index is 0.132. The summed E-state index contributed by atoms with van der Waals surface area (Å²) in [6.07, 6.45) is 1.92. The molecule has 2 atom stereocenters. The van der Waals surface area contributed by atoms with Gasteiger partial charge >= 0.3 is 0 Å². The zero-order valence-corrected chi connectivity index (χ0v) is 10.2. The van der Waals surface area contributed by atoms with Crippen molar-refractivity contribution in [2.75, 3.05) is 7.05 Å². The number of thiocarbonyl (C=S) groups is 1. The minimum atomic E-state index is 0.132. The van der Waals surface area contributed by atoms with Gasteiger partial charge in [-0.3, -0.25) is 4.79 Å². The standard InChI is InChI=1S/C11H19NOS/c1-7(13)9-5-8(11(9,2)3)6-10(14)12-4/h8-9H,5-6H2,1-4H3,(H,12,14)/t8-,9+/m0/s1. The second-order valence-corrected chi connectivity index (χ2v) is 5.29. The summed E-state index contributed by atoms with van der Waals surface area (Å²) in [5.41, 5.74) is 0.132. The van der Waals surface area contributed by atoms with Crippen molar-refractivity contribution in [1.29, 1.82) is 0 Å². The van der Waals surface area contributed by atoms with E-state index in [9.17, 15) is 4.79 Å². The van der Waals surface area contributed by atoms with Crippen molar-refractivity contribution in [3.05, 3.63) is 0 Å². The Balaban J connectivity index is 2.54. The Hall–Kier alpha value is -0.440. The topological polar surface area (TPSA) is 29.1 Å². The van der Waals surface area contributed by atoms with Gasteiger partial charge in [0.05, 0.1) is 4.99 Å². The second kappa shape index (κ2) is 3.97. The molecular weight excluding hydrogens is 194 g/mol. The Morgan fingerprint density at radius 1 is 1.57 bits per heavy atom. The Morgan fingerprint density at radius 2 is 2.14 bits per heavy atom. The zero-order valence-electron chi connectivity index (χ0n) is 9.39. The van der Waals surface area contributed by atoms with Crippen LogP contribution in [0.5, 0.6) is 0 Å². The molecule has 0 spiro atoms. The van der Waals surface area contributed by atoms with E-state index in [1.54, 1.807) is 6.92 Å². The summed E-state index contributed by atoms with van der Waals surface area (Å²) >= 11 is 5.14. The largest absolute Gasteiger partial charge is 0.383 e. The normalized spacial score (nSPS) is 29.1. The van der Waals surface area contributed by atoms with Crippen LogP contribution in [-0.4, -0.2) is 17.8 Å². The lowest BCUT2D eigenvalue weighted by molar-refractivity contribution is -0.135. The molecule has 2 nitrogen and oxygen atoms in total. The van der Waals surface area contributed by atoms with Crippen LogP contribution in [0.15, 0.2) is 0 Å². The quantitative estimate of drug-likeness (QED) is 0.729. The third kappa shape index (κ3) is 1.97. The number of carbonyl (C=O) groups excluding carboxylic acids is 1. The van der Waals surface area contributed by atoms with E-state index in [1.165, 1.54) is 0 Å². The van der Waals surface area contributed by atoms with Crippen molar-refractivity contribution in [2.45, 2.75) is 33.6 Å². The maximum atomic E-state index is 11.3. The summed E-state index contributed by atoms with van der Waals surface area (Å²) in [7, 11) is 1.86. The molecule has 1 fully saturated rings. The molecule has 14 heavy (non-hydrogen) atoms. The Labute approximate surface area is 91.5 Å². The highest BCUT2D eigenvalue weighted by Gasteiger charge is 2.49. The third-order valence-electron chi connectivity index (χ3n) is 3.67. The fourth-order valence-corrected chi connectivity index (χ4v) is 2.58. The highest BCUT2D eigenvalue weighted by Crippen LogP contribution is 2.53. The Kier molecular flexibility index (Phi) is 3.30.